The van der Waals surface area contributed by atoms with Crippen LogP contribution < -0.4 is 5.32 Å². The Morgan fingerprint density at radius 1 is 1.53 bits per heavy atom. The number of rotatable bonds is 4. The highest BCUT2D eigenvalue weighted by molar-refractivity contribution is 5.81. The minimum atomic E-state index is -0.288. The highest BCUT2D eigenvalue weighted by atomic mass is 16.5. The standard InChI is InChI=1S/C11H22N2O2/c1-4-9(5-2)13(3)11(14)10-8-12-6-7-15-10/h9-10,12H,4-8H2,1-3H3. The Labute approximate surface area is 92.0 Å². The van der Waals surface area contributed by atoms with Crippen molar-refractivity contribution in [1.82, 2.24) is 10.2 Å². The van der Waals surface area contributed by atoms with E-state index < -0.39 is 0 Å². The normalized spacial score (nSPS) is 21.7. The molecule has 0 aromatic carbocycles. The molecular weight excluding hydrogens is 192 g/mol. The van der Waals surface area contributed by atoms with Gasteiger partial charge in [-0.25, -0.2) is 0 Å². The first-order chi connectivity index (χ1) is 7.20. The Morgan fingerprint density at radius 3 is 2.67 bits per heavy atom. The van der Waals surface area contributed by atoms with Gasteiger partial charge >= 0.3 is 0 Å². The molecule has 0 saturated carbocycles. The molecule has 0 spiro atoms. The molecule has 1 heterocycles. The number of nitrogens with zero attached hydrogens (tertiary/aromatic N) is 1. The molecule has 15 heavy (non-hydrogen) atoms. The second kappa shape index (κ2) is 6.08. The molecule has 1 aliphatic rings. The SMILES string of the molecule is CCC(CC)N(C)C(=O)C1CNCCO1. The number of morpholine rings is 1. The van der Waals surface area contributed by atoms with Crippen molar-refractivity contribution in [1.29, 1.82) is 0 Å². The van der Waals surface area contributed by atoms with Crippen LogP contribution in [-0.2, 0) is 9.53 Å². The van der Waals surface area contributed by atoms with Gasteiger partial charge in [0.15, 0.2) is 0 Å². The van der Waals surface area contributed by atoms with E-state index in [9.17, 15) is 4.79 Å². The number of hydrogen-bond acceptors (Lipinski definition) is 3. The van der Waals surface area contributed by atoms with Gasteiger partial charge in [0.25, 0.3) is 5.91 Å². The fraction of sp³-hybridized carbons (Fsp3) is 0.909. The van der Waals surface area contributed by atoms with Gasteiger partial charge in [-0.1, -0.05) is 13.8 Å². The molecule has 0 aromatic heterocycles. The summed E-state index contributed by atoms with van der Waals surface area (Å²) in [7, 11) is 1.87. The molecule has 88 valence electrons. The van der Waals surface area contributed by atoms with E-state index in [2.05, 4.69) is 19.2 Å². The van der Waals surface area contributed by atoms with Gasteiger partial charge in [-0.2, -0.15) is 0 Å². The number of likely N-dealkylation sites (N-methyl/N-ethyl adjacent to an activating group) is 1. The maximum atomic E-state index is 12.0. The summed E-state index contributed by atoms with van der Waals surface area (Å²) in [4.78, 5) is 13.8. The molecule has 0 aromatic rings. The molecule has 1 saturated heterocycles. The highest BCUT2D eigenvalue weighted by Gasteiger charge is 2.27. The molecule has 1 unspecified atom stereocenters. The van der Waals surface area contributed by atoms with E-state index in [-0.39, 0.29) is 12.0 Å². The average Bonchev–Trinajstić information content (AvgIpc) is 2.30. The Morgan fingerprint density at radius 2 is 2.20 bits per heavy atom. The summed E-state index contributed by atoms with van der Waals surface area (Å²) >= 11 is 0. The predicted molar refractivity (Wildman–Crippen MR) is 59.7 cm³/mol. The summed E-state index contributed by atoms with van der Waals surface area (Å²) in [5.41, 5.74) is 0. The topological polar surface area (TPSA) is 41.6 Å². The van der Waals surface area contributed by atoms with Crippen LogP contribution in [0, 0.1) is 0 Å². The third-order valence-corrected chi connectivity index (χ3v) is 3.04. The van der Waals surface area contributed by atoms with Crippen molar-refractivity contribution in [2.45, 2.75) is 38.8 Å². The monoisotopic (exact) mass is 214 g/mol. The largest absolute Gasteiger partial charge is 0.366 e. The molecule has 1 N–H and O–H groups in total. The molecule has 0 bridgehead atoms. The van der Waals surface area contributed by atoms with Crippen molar-refractivity contribution in [3.05, 3.63) is 0 Å². The zero-order chi connectivity index (χ0) is 11.3. The molecule has 1 aliphatic heterocycles. The van der Waals surface area contributed by atoms with Crippen LogP contribution >= 0.6 is 0 Å². The molecule has 1 atom stereocenters. The van der Waals surface area contributed by atoms with Crippen LogP contribution in [0.25, 0.3) is 0 Å². The Kier molecular flexibility index (Phi) is 5.05. The third-order valence-electron chi connectivity index (χ3n) is 3.04. The number of carbonyl (C=O) groups excluding carboxylic acids is 1. The summed E-state index contributed by atoms with van der Waals surface area (Å²) in [6.45, 7) is 6.34. The first kappa shape index (κ1) is 12.5. The number of amides is 1. The molecule has 0 radical (unpaired) electrons. The van der Waals surface area contributed by atoms with Crippen molar-refractivity contribution in [2.75, 3.05) is 26.7 Å². The first-order valence-electron chi connectivity index (χ1n) is 5.79. The zero-order valence-electron chi connectivity index (χ0n) is 9.95. The van der Waals surface area contributed by atoms with Crippen LogP contribution in [0.15, 0.2) is 0 Å². The van der Waals surface area contributed by atoms with Crippen molar-refractivity contribution in [2.24, 2.45) is 0 Å². The van der Waals surface area contributed by atoms with E-state index in [1.807, 2.05) is 11.9 Å². The van der Waals surface area contributed by atoms with E-state index in [1.165, 1.54) is 0 Å². The van der Waals surface area contributed by atoms with E-state index in [1.54, 1.807) is 0 Å². The minimum Gasteiger partial charge on any atom is -0.366 e. The van der Waals surface area contributed by atoms with Crippen LogP contribution in [0.1, 0.15) is 26.7 Å². The van der Waals surface area contributed by atoms with Gasteiger partial charge in [-0.15, -0.1) is 0 Å². The predicted octanol–water partition coefficient (Wildman–Crippen LogP) is 0.622. The van der Waals surface area contributed by atoms with Gasteiger partial charge in [0, 0.05) is 26.2 Å². The fourth-order valence-corrected chi connectivity index (χ4v) is 1.97. The molecule has 0 aliphatic carbocycles. The van der Waals surface area contributed by atoms with Crippen molar-refractivity contribution in [3.63, 3.8) is 0 Å². The lowest BCUT2D eigenvalue weighted by atomic mass is 10.1. The van der Waals surface area contributed by atoms with E-state index in [4.69, 9.17) is 4.74 Å². The highest BCUT2D eigenvalue weighted by Crippen LogP contribution is 2.10. The Balaban J connectivity index is 2.49. The van der Waals surface area contributed by atoms with Crippen molar-refractivity contribution in [3.8, 4) is 0 Å². The quantitative estimate of drug-likeness (QED) is 0.746. The Hall–Kier alpha value is -0.610. The number of carbonyl (C=O) groups is 1. The lowest BCUT2D eigenvalue weighted by Gasteiger charge is -2.31. The van der Waals surface area contributed by atoms with Crippen molar-refractivity contribution >= 4 is 5.91 Å². The molecule has 1 rings (SSSR count). The smallest absolute Gasteiger partial charge is 0.253 e. The van der Waals surface area contributed by atoms with Gasteiger partial charge < -0.3 is 15.0 Å². The summed E-state index contributed by atoms with van der Waals surface area (Å²) < 4.78 is 5.45. The number of ether oxygens (including phenoxy) is 1. The van der Waals surface area contributed by atoms with Gasteiger partial charge in [0.1, 0.15) is 6.10 Å². The lowest BCUT2D eigenvalue weighted by molar-refractivity contribution is -0.146. The molecule has 1 amide bonds. The second-order valence-electron chi connectivity index (χ2n) is 3.98. The number of hydrogen-bond donors (Lipinski definition) is 1. The van der Waals surface area contributed by atoms with E-state index in [0.717, 1.165) is 19.4 Å². The molecular formula is C11H22N2O2. The molecule has 1 fully saturated rings. The van der Waals surface area contributed by atoms with Crippen molar-refractivity contribution < 1.29 is 9.53 Å². The lowest BCUT2D eigenvalue weighted by Crippen LogP contribution is -2.50. The van der Waals surface area contributed by atoms with Crippen LogP contribution in [0.4, 0.5) is 0 Å². The summed E-state index contributed by atoms with van der Waals surface area (Å²) in [6, 6.07) is 0.336. The van der Waals surface area contributed by atoms with Gasteiger partial charge in [0.05, 0.1) is 6.61 Å². The zero-order valence-corrected chi connectivity index (χ0v) is 9.95. The molecule has 4 nitrogen and oxygen atoms in total. The Bertz CT molecular complexity index is 199. The maximum Gasteiger partial charge on any atom is 0.253 e. The van der Waals surface area contributed by atoms with Crippen LogP contribution in [0.2, 0.25) is 0 Å². The van der Waals surface area contributed by atoms with Crippen LogP contribution in [0.3, 0.4) is 0 Å². The van der Waals surface area contributed by atoms with Gasteiger partial charge in [-0.05, 0) is 12.8 Å². The van der Waals surface area contributed by atoms with E-state index in [0.29, 0.717) is 19.2 Å². The van der Waals surface area contributed by atoms with Gasteiger partial charge in [-0.3, -0.25) is 4.79 Å². The summed E-state index contributed by atoms with van der Waals surface area (Å²) in [5.74, 6) is 0.107. The second-order valence-corrected chi connectivity index (χ2v) is 3.98. The summed E-state index contributed by atoms with van der Waals surface area (Å²) in [5, 5.41) is 3.17. The maximum absolute atomic E-state index is 12.0. The average molecular weight is 214 g/mol. The fourth-order valence-electron chi connectivity index (χ4n) is 1.97. The van der Waals surface area contributed by atoms with Crippen LogP contribution in [-0.4, -0.2) is 49.7 Å². The summed E-state index contributed by atoms with van der Waals surface area (Å²) in [6.07, 6.45) is 1.71. The molecule has 4 heteroatoms. The van der Waals surface area contributed by atoms with Crippen LogP contribution in [0.5, 0.6) is 0 Å². The third kappa shape index (κ3) is 3.18. The minimum absolute atomic E-state index is 0.107. The number of nitrogens with one attached hydrogen (secondary N) is 1. The van der Waals surface area contributed by atoms with Gasteiger partial charge in [0.2, 0.25) is 0 Å². The first-order valence-corrected chi connectivity index (χ1v) is 5.79. The van der Waals surface area contributed by atoms with E-state index >= 15 is 0 Å².